The lowest BCUT2D eigenvalue weighted by Gasteiger charge is -2.29. The van der Waals surface area contributed by atoms with E-state index in [0.29, 0.717) is 18.3 Å². The molecule has 1 atom stereocenters. The van der Waals surface area contributed by atoms with Crippen molar-refractivity contribution in [3.63, 3.8) is 0 Å². The molecular formula is C18H25N5O4. The highest BCUT2D eigenvalue weighted by molar-refractivity contribution is 6.04. The second-order valence-electron chi connectivity index (χ2n) is 6.29. The van der Waals surface area contributed by atoms with E-state index < -0.39 is 17.9 Å². The van der Waals surface area contributed by atoms with E-state index in [0.717, 1.165) is 36.9 Å². The predicted molar refractivity (Wildman–Crippen MR) is 99.4 cm³/mol. The third kappa shape index (κ3) is 4.88. The highest BCUT2D eigenvalue weighted by atomic mass is 16.2. The second-order valence-corrected chi connectivity index (χ2v) is 6.29. The number of aldehydes is 1. The first kappa shape index (κ1) is 20.5. The highest BCUT2D eigenvalue weighted by Crippen LogP contribution is 2.19. The van der Waals surface area contributed by atoms with Crippen molar-refractivity contribution in [3.05, 3.63) is 23.4 Å². The summed E-state index contributed by atoms with van der Waals surface area (Å²) in [6, 6.07) is 0.763. The lowest BCUT2D eigenvalue weighted by molar-refractivity contribution is -0.131. The summed E-state index contributed by atoms with van der Waals surface area (Å²) < 4.78 is 0. The van der Waals surface area contributed by atoms with Gasteiger partial charge in [-0.3, -0.25) is 19.3 Å². The number of rotatable bonds is 8. The van der Waals surface area contributed by atoms with Gasteiger partial charge in [0.15, 0.2) is 0 Å². The van der Waals surface area contributed by atoms with Crippen LogP contribution in [-0.4, -0.2) is 73.7 Å². The average Bonchev–Trinajstić information content (AvgIpc) is 2.70. The van der Waals surface area contributed by atoms with Crippen molar-refractivity contribution in [2.75, 3.05) is 38.1 Å². The topological polar surface area (TPSA) is 112 Å². The monoisotopic (exact) mass is 375 g/mol. The minimum absolute atomic E-state index is 0.0644. The van der Waals surface area contributed by atoms with Crippen molar-refractivity contribution in [1.29, 1.82) is 0 Å². The molecule has 3 amide bonds. The summed E-state index contributed by atoms with van der Waals surface area (Å²) in [4.78, 5) is 54.5. The molecule has 2 heterocycles. The summed E-state index contributed by atoms with van der Waals surface area (Å²) in [7, 11) is 1.42. The van der Waals surface area contributed by atoms with Gasteiger partial charge < -0.3 is 20.3 Å². The molecule has 9 heteroatoms. The molecular weight excluding hydrogens is 350 g/mol. The van der Waals surface area contributed by atoms with Gasteiger partial charge in [0.05, 0.1) is 5.56 Å². The Morgan fingerprint density at radius 3 is 2.63 bits per heavy atom. The molecule has 27 heavy (non-hydrogen) atoms. The molecule has 1 fully saturated rings. The molecule has 0 spiro atoms. The molecule has 1 unspecified atom stereocenters. The van der Waals surface area contributed by atoms with Crippen LogP contribution < -0.4 is 15.5 Å². The molecule has 146 valence electrons. The Bertz CT molecular complexity index is 703. The number of anilines is 1. The van der Waals surface area contributed by atoms with Gasteiger partial charge in [-0.2, -0.15) is 0 Å². The van der Waals surface area contributed by atoms with Gasteiger partial charge in [-0.15, -0.1) is 0 Å². The van der Waals surface area contributed by atoms with Gasteiger partial charge >= 0.3 is 0 Å². The van der Waals surface area contributed by atoms with Gasteiger partial charge in [0.25, 0.3) is 5.91 Å². The third-order valence-corrected chi connectivity index (χ3v) is 4.56. The fourth-order valence-corrected chi connectivity index (χ4v) is 3.02. The van der Waals surface area contributed by atoms with Gasteiger partial charge in [-0.1, -0.05) is 0 Å². The number of carbonyl (C=O) groups is 4. The molecule has 0 saturated carbocycles. The number of imide groups is 1. The molecule has 1 aromatic rings. The van der Waals surface area contributed by atoms with Crippen LogP contribution in [0.5, 0.6) is 0 Å². The average molecular weight is 375 g/mol. The van der Waals surface area contributed by atoms with E-state index in [9.17, 15) is 19.2 Å². The SMILES string of the molecule is CNC(=O)C(CCC=O)N(C=O)C(=O)c1cnc(N2CCNCC2)cc1C. The van der Waals surface area contributed by atoms with Crippen LogP contribution in [0.25, 0.3) is 0 Å². The maximum absolute atomic E-state index is 12.9. The Morgan fingerprint density at radius 2 is 2.07 bits per heavy atom. The number of nitrogens with one attached hydrogen (secondary N) is 2. The zero-order valence-corrected chi connectivity index (χ0v) is 15.6. The molecule has 1 aliphatic heterocycles. The van der Waals surface area contributed by atoms with Crippen LogP contribution in [0.1, 0.15) is 28.8 Å². The number of aromatic nitrogens is 1. The number of nitrogens with zero attached hydrogens (tertiary/aromatic N) is 3. The Hall–Kier alpha value is -2.81. The Kier molecular flexibility index (Phi) is 7.42. The first-order chi connectivity index (χ1) is 13.0. The number of carbonyl (C=O) groups excluding carboxylic acids is 4. The first-order valence-corrected chi connectivity index (χ1v) is 8.89. The van der Waals surface area contributed by atoms with Crippen LogP contribution in [-0.2, 0) is 14.4 Å². The van der Waals surface area contributed by atoms with E-state index in [1.807, 2.05) is 6.07 Å². The molecule has 0 aliphatic carbocycles. The fourth-order valence-electron chi connectivity index (χ4n) is 3.02. The molecule has 0 bridgehead atoms. The quantitative estimate of drug-likeness (QED) is 0.589. The summed E-state index contributed by atoms with van der Waals surface area (Å²) in [6.45, 7) is 5.15. The Labute approximate surface area is 158 Å². The van der Waals surface area contributed by atoms with E-state index >= 15 is 0 Å². The van der Waals surface area contributed by atoms with E-state index in [2.05, 4.69) is 20.5 Å². The number of aryl methyl sites for hydroxylation is 1. The predicted octanol–water partition coefficient (Wildman–Crippen LogP) is -0.508. The standard InChI is InChI=1S/C18H25N5O4/c1-13-10-16(22-7-5-20-6-8-22)21-11-14(13)18(27)23(12-25)15(4-3-9-24)17(26)19-2/h9-12,15,20H,3-8H2,1-2H3,(H,19,26). The third-order valence-electron chi connectivity index (χ3n) is 4.56. The van der Waals surface area contributed by atoms with Crippen molar-refractivity contribution in [3.8, 4) is 0 Å². The smallest absolute Gasteiger partial charge is 0.262 e. The number of pyridine rings is 1. The minimum atomic E-state index is -1.04. The first-order valence-electron chi connectivity index (χ1n) is 8.89. The van der Waals surface area contributed by atoms with Gasteiger partial charge in [0, 0.05) is 45.8 Å². The van der Waals surface area contributed by atoms with Crippen LogP contribution in [0.15, 0.2) is 12.3 Å². The van der Waals surface area contributed by atoms with E-state index in [1.165, 1.54) is 13.2 Å². The molecule has 1 saturated heterocycles. The summed E-state index contributed by atoms with van der Waals surface area (Å²) in [5.74, 6) is -0.339. The van der Waals surface area contributed by atoms with E-state index in [-0.39, 0.29) is 18.4 Å². The molecule has 9 nitrogen and oxygen atoms in total. The second kappa shape index (κ2) is 9.77. The number of piperazine rings is 1. The summed E-state index contributed by atoms with van der Waals surface area (Å²) >= 11 is 0. The maximum atomic E-state index is 12.9. The van der Waals surface area contributed by atoms with E-state index in [4.69, 9.17) is 0 Å². The van der Waals surface area contributed by atoms with Crippen molar-refractivity contribution in [1.82, 2.24) is 20.5 Å². The highest BCUT2D eigenvalue weighted by Gasteiger charge is 2.30. The van der Waals surface area contributed by atoms with Crippen LogP contribution in [0, 0.1) is 6.92 Å². The van der Waals surface area contributed by atoms with Crippen molar-refractivity contribution >= 4 is 30.3 Å². The lowest BCUT2D eigenvalue weighted by Crippen LogP contribution is -2.48. The zero-order chi connectivity index (χ0) is 19.8. The van der Waals surface area contributed by atoms with Crippen LogP contribution in [0.2, 0.25) is 0 Å². The van der Waals surface area contributed by atoms with Gasteiger partial charge in [-0.25, -0.2) is 4.98 Å². The Morgan fingerprint density at radius 1 is 1.37 bits per heavy atom. The number of hydrogen-bond acceptors (Lipinski definition) is 7. The maximum Gasteiger partial charge on any atom is 0.262 e. The summed E-state index contributed by atoms with van der Waals surface area (Å²) in [5.41, 5.74) is 0.919. The van der Waals surface area contributed by atoms with Crippen molar-refractivity contribution < 1.29 is 19.2 Å². The van der Waals surface area contributed by atoms with Crippen LogP contribution >= 0.6 is 0 Å². The van der Waals surface area contributed by atoms with Crippen LogP contribution in [0.4, 0.5) is 5.82 Å². The van der Waals surface area contributed by atoms with Crippen molar-refractivity contribution in [2.45, 2.75) is 25.8 Å². The minimum Gasteiger partial charge on any atom is -0.357 e. The summed E-state index contributed by atoms with van der Waals surface area (Å²) in [6.07, 6.45) is 2.55. The molecule has 0 radical (unpaired) electrons. The van der Waals surface area contributed by atoms with Crippen LogP contribution in [0.3, 0.4) is 0 Å². The molecule has 0 aromatic carbocycles. The Balaban J connectivity index is 2.25. The zero-order valence-electron chi connectivity index (χ0n) is 15.6. The molecule has 1 aliphatic rings. The van der Waals surface area contributed by atoms with Gasteiger partial charge in [-0.05, 0) is 25.0 Å². The number of likely N-dealkylation sites (N-methyl/N-ethyl adjacent to an activating group) is 1. The largest absolute Gasteiger partial charge is 0.357 e. The molecule has 1 aromatic heterocycles. The van der Waals surface area contributed by atoms with Gasteiger partial charge in [0.2, 0.25) is 12.3 Å². The van der Waals surface area contributed by atoms with Gasteiger partial charge in [0.1, 0.15) is 18.1 Å². The van der Waals surface area contributed by atoms with Crippen molar-refractivity contribution in [2.24, 2.45) is 0 Å². The normalized spacial score (nSPS) is 15.0. The van der Waals surface area contributed by atoms with E-state index in [1.54, 1.807) is 6.92 Å². The fraction of sp³-hybridized carbons (Fsp3) is 0.500. The molecule has 2 rings (SSSR count). The molecule has 2 N–H and O–H groups in total. The lowest BCUT2D eigenvalue weighted by atomic mass is 10.1. The number of hydrogen-bond donors (Lipinski definition) is 2. The summed E-state index contributed by atoms with van der Waals surface area (Å²) in [5, 5.41) is 5.69. The number of amides is 3.